The van der Waals surface area contributed by atoms with Gasteiger partial charge in [-0.25, -0.2) is 4.79 Å². The molecule has 40 heavy (non-hydrogen) atoms. The van der Waals surface area contributed by atoms with Gasteiger partial charge in [-0.05, 0) is 53.9 Å². The summed E-state index contributed by atoms with van der Waals surface area (Å²) in [4.78, 5) is 13.8. The van der Waals surface area contributed by atoms with Gasteiger partial charge in [0.15, 0.2) is 22.2 Å². The molecule has 11 heteroatoms. The number of halogens is 1. The van der Waals surface area contributed by atoms with Crippen molar-refractivity contribution in [1.29, 1.82) is 0 Å². The van der Waals surface area contributed by atoms with E-state index in [1.165, 1.54) is 11.8 Å². The Hall–Kier alpha value is -3.34. The minimum atomic E-state index is -1.02. The number of nitrogens with zero attached hydrogens (tertiary/aromatic N) is 1. The molecule has 1 unspecified atom stereocenters. The van der Waals surface area contributed by atoms with Gasteiger partial charge in [0, 0.05) is 29.1 Å². The van der Waals surface area contributed by atoms with E-state index in [0.29, 0.717) is 33.1 Å². The number of carboxylic acids is 1. The second-order valence-electron chi connectivity index (χ2n) is 9.25. The number of aliphatic carboxylic acids is 1. The summed E-state index contributed by atoms with van der Waals surface area (Å²) in [5.74, 6) is 2.93. The van der Waals surface area contributed by atoms with Gasteiger partial charge in [0.25, 0.3) is 0 Å². The van der Waals surface area contributed by atoms with Crippen LogP contribution in [-0.2, 0) is 22.8 Å². The molecule has 1 atom stereocenters. The van der Waals surface area contributed by atoms with E-state index in [9.17, 15) is 9.90 Å². The molecule has 0 amide bonds. The highest BCUT2D eigenvalue weighted by Crippen LogP contribution is 2.45. The molecular formula is C29H29ClN2O6S2. The van der Waals surface area contributed by atoms with Gasteiger partial charge < -0.3 is 34.3 Å². The lowest BCUT2D eigenvalue weighted by atomic mass is 10.1. The van der Waals surface area contributed by atoms with E-state index < -0.39 is 11.0 Å². The molecule has 2 heterocycles. The van der Waals surface area contributed by atoms with Gasteiger partial charge in [0.05, 0.1) is 14.2 Å². The topological polar surface area (TPSA) is 89.5 Å². The number of thioether (sulfide) groups is 2. The maximum atomic E-state index is 12.7. The van der Waals surface area contributed by atoms with Crippen LogP contribution in [0.1, 0.15) is 23.6 Å². The molecule has 0 aliphatic carbocycles. The lowest BCUT2D eigenvalue weighted by Crippen LogP contribution is -2.47. The number of hydrogen-bond donors (Lipinski definition) is 2. The van der Waals surface area contributed by atoms with E-state index in [1.807, 2.05) is 66.4 Å². The van der Waals surface area contributed by atoms with Crippen molar-refractivity contribution in [2.24, 2.45) is 0 Å². The minimum Gasteiger partial charge on any atom is -0.497 e. The Balaban J connectivity index is 1.44. The zero-order chi connectivity index (χ0) is 28.3. The van der Waals surface area contributed by atoms with Crippen LogP contribution in [0.3, 0.4) is 0 Å². The molecule has 5 rings (SSSR count). The maximum Gasteiger partial charge on any atom is 0.355 e. The highest BCUT2D eigenvalue weighted by molar-refractivity contribution is 8.02. The van der Waals surface area contributed by atoms with Crippen LogP contribution in [0.5, 0.6) is 23.0 Å². The molecule has 0 aromatic heterocycles. The van der Waals surface area contributed by atoms with Crippen LogP contribution >= 0.6 is 35.1 Å². The van der Waals surface area contributed by atoms with Gasteiger partial charge in [0.2, 0.25) is 6.79 Å². The number of rotatable bonds is 11. The number of hydrogen-bond acceptors (Lipinski definition) is 9. The number of methoxy groups -OCH3 is 2. The largest absolute Gasteiger partial charge is 0.497 e. The van der Waals surface area contributed by atoms with Gasteiger partial charge in [-0.3, -0.25) is 0 Å². The molecule has 210 valence electrons. The summed E-state index contributed by atoms with van der Waals surface area (Å²) >= 11 is 9.69. The molecule has 0 saturated carbocycles. The van der Waals surface area contributed by atoms with Crippen molar-refractivity contribution >= 4 is 41.1 Å². The first-order valence-corrected chi connectivity index (χ1v) is 14.8. The fraction of sp³-hybridized carbons (Fsp3) is 0.276. The van der Waals surface area contributed by atoms with Crippen molar-refractivity contribution < 1.29 is 28.8 Å². The van der Waals surface area contributed by atoms with Crippen molar-refractivity contribution in [3.8, 4) is 23.0 Å². The van der Waals surface area contributed by atoms with Crippen molar-refractivity contribution in [3.63, 3.8) is 0 Å². The molecule has 2 aliphatic rings. The third-order valence-electron chi connectivity index (χ3n) is 6.64. The second kappa shape index (κ2) is 12.0. The standard InChI is InChI=1S/C29H29ClN2O6S2/c1-29(40-16-19-6-10-22(36-3)11-7-19)31-27(39-15-18-4-8-21(35-2)9-5-18)26(28(33)34)32(29)14-20-12-24-25(13-23(20)30)38-17-37-24/h4-13,31H,14-17H2,1-3H3,(H,33,34). The number of ether oxygens (including phenoxy) is 4. The molecule has 0 fully saturated rings. The summed E-state index contributed by atoms with van der Waals surface area (Å²) in [6.45, 7) is 2.37. The Labute approximate surface area is 246 Å². The Bertz CT molecular complexity index is 1420. The van der Waals surface area contributed by atoms with Gasteiger partial charge in [-0.1, -0.05) is 35.9 Å². The van der Waals surface area contributed by atoms with Crippen LogP contribution in [-0.4, -0.2) is 42.0 Å². The van der Waals surface area contributed by atoms with Crippen LogP contribution in [0.15, 0.2) is 71.4 Å². The molecule has 2 aliphatic heterocycles. The van der Waals surface area contributed by atoms with Crippen LogP contribution < -0.4 is 24.3 Å². The first-order valence-electron chi connectivity index (χ1n) is 12.4. The highest BCUT2D eigenvalue weighted by Gasteiger charge is 2.45. The minimum absolute atomic E-state index is 0.127. The Morgan fingerprint density at radius 3 is 2.15 bits per heavy atom. The van der Waals surface area contributed by atoms with Gasteiger partial charge >= 0.3 is 5.97 Å². The van der Waals surface area contributed by atoms with Gasteiger partial charge in [-0.15, -0.1) is 23.5 Å². The normalized spacial score (nSPS) is 17.6. The van der Waals surface area contributed by atoms with Crippen LogP contribution in [0, 0.1) is 0 Å². The summed E-state index contributed by atoms with van der Waals surface area (Å²) in [5.41, 5.74) is 3.07. The first kappa shape index (κ1) is 28.2. The molecule has 2 N–H and O–H groups in total. The zero-order valence-corrected chi connectivity index (χ0v) is 24.6. The van der Waals surface area contributed by atoms with Crippen LogP contribution in [0.25, 0.3) is 0 Å². The summed E-state index contributed by atoms with van der Waals surface area (Å²) in [7, 11) is 3.26. The van der Waals surface area contributed by atoms with Crippen molar-refractivity contribution in [3.05, 3.63) is 93.1 Å². The lowest BCUT2D eigenvalue weighted by molar-refractivity contribution is -0.134. The number of nitrogens with one attached hydrogen (secondary N) is 1. The molecule has 0 saturated heterocycles. The quantitative estimate of drug-likeness (QED) is 0.262. The summed E-state index contributed by atoms with van der Waals surface area (Å²) in [6, 6.07) is 19.1. The fourth-order valence-electron chi connectivity index (χ4n) is 4.41. The maximum absolute atomic E-state index is 12.7. The predicted octanol–water partition coefficient (Wildman–Crippen LogP) is 6.29. The van der Waals surface area contributed by atoms with Gasteiger partial charge in [-0.2, -0.15) is 0 Å². The van der Waals surface area contributed by atoms with E-state index in [2.05, 4.69) is 5.32 Å². The SMILES string of the molecule is COc1ccc(CSC2=C(C(=O)O)N(Cc3cc4c(cc3Cl)OCO4)C(C)(SCc3ccc(OC)cc3)N2)cc1. The lowest BCUT2D eigenvalue weighted by Gasteiger charge is -2.37. The van der Waals surface area contributed by atoms with Crippen molar-refractivity contribution in [1.82, 2.24) is 10.2 Å². The van der Waals surface area contributed by atoms with E-state index >= 15 is 0 Å². The number of benzene rings is 3. The Morgan fingerprint density at radius 2 is 1.57 bits per heavy atom. The van der Waals surface area contributed by atoms with E-state index in [0.717, 1.165) is 28.2 Å². The summed E-state index contributed by atoms with van der Waals surface area (Å²) in [5, 5.41) is 15.0. The Kier molecular flexibility index (Phi) is 8.48. The number of carbonyl (C=O) groups is 1. The second-order valence-corrected chi connectivity index (χ2v) is 12.0. The highest BCUT2D eigenvalue weighted by atomic mass is 35.5. The van der Waals surface area contributed by atoms with E-state index in [1.54, 1.807) is 32.0 Å². The molecule has 8 nitrogen and oxygen atoms in total. The monoisotopic (exact) mass is 600 g/mol. The average Bonchev–Trinajstić information content (AvgIpc) is 3.53. The smallest absolute Gasteiger partial charge is 0.355 e. The Morgan fingerprint density at radius 1 is 1.00 bits per heavy atom. The molecule has 0 bridgehead atoms. The average molecular weight is 601 g/mol. The zero-order valence-electron chi connectivity index (χ0n) is 22.2. The van der Waals surface area contributed by atoms with E-state index in [4.69, 9.17) is 30.5 Å². The summed E-state index contributed by atoms with van der Waals surface area (Å²) < 4.78 is 21.6. The molecule has 0 spiro atoms. The number of carboxylic acid groups (broad SMARTS) is 1. The van der Waals surface area contributed by atoms with Crippen LogP contribution in [0.2, 0.25) is 5.02 Å². The predicted molar refractivity (Wildman–Crippen MR) is 158 cm³/mol. The molecular weight excluding hydrogens is 572 g/mol. The third-order valence-corrected chi connectivity index (χ3v) is 9.42. The number of fused-ring (bicyclic) bond motifs is 1. The van der Waals surface area contributed by atoms with Crippen molar-refractivity contribution in [2.45, 2.75) is 30.0 Å². The van der Waals surface area contributed by atoms with Crippen molar-refractivity contribution in [2.75, 3.05) is 21.0 Å². The van der Waals surface area contributed by atoms with Gasteiger partial charge in [0.1, 0.15) is 16.5 Å². The van der Waals surface area contributed by atoms with E-state index in [-0.39, 0.29) is 19.0 Å². The molecule has 0 radical (unpaired) electrons. The summed E-state index contributed by atoms with van der Waals surface area (Å²) in [6.07, 6.45) is 0. The molecule has 3 aromatic rings. The molecule has 3 aromatic carbocycles. The van der Waals surface area contributed by atoms with Crippen LogP contribution in [0.4, 0.5) is 0 Å². The fourth-order valence-corrected chi connectivity index (χ4v) is 6.92. The third kappa shape index (κ3) is 6.04. The first-order chi connectivity index (χ1) is 19.3.